The van der Waals surface area contributed by atoms with Crippen LogP contribution in [0.25, 0.3) is 0 Å². The topological polar surface area (TPSA) is 46.5 Å². The van der Waals surface area contributed by atoms with Crippen LogP contribution in [0.3, 0.4) is 0 Å². The number of hydrogen-bond acceptors (Lipinski definition) is 2. The number of carboxylic acid groups (broad SMARTS) is 1. The van der Waals surface area contributed by atoms with E-state index in [0.29, 0.717) is 12.2 Å². The molecular weight excluding hydrogens is 200 g/mol. The van der Waals surface area contributed by atoms with E-state index in [-0.39, 0.29) is 6.42 Å². The van der Waals surface area contributed by atoms with Crippen molar-refractivity contribution in [3.8, 4) is 0 Å². The lowest BCUT2D eigenvalue weighted by Crippen LogP contribution is -1.96. The Morgan fingerprint density at radius 1 is 1.70 bits per heavy atom. The van der Waals surface area contributed by atoms with Crippen molar-refractivity contribution in [2.24, 2.45) is 0 Å². The van der Waals surface area contributed by atoms with Crippen molar-refractivity contribution in [1.29, 1.82) is 0 Å². The van der Waals surface area contributed by atoms with Crippen LogP contribution in [0.2, 0.25) is 0 Å². The minimum absolute atomic E-state index is 0.102. The molecule has 0 aliphatic heterocycles. The van der Waals surface area contributed by atoms with Crippen LogP contribution in [0, 0.1) is 0 Å². The summed E-state index contributed by atoms with van der Waals surface area (Å²) in [4.78, 5) is 11.6. The Bertz CT molecular complexity index is 142. The summed E-state index contributed by atoms with van der Waals surface area (Å²) in [5.74, 6) is -0.175. The molecular formula is C6H9BrO3. The fourth-order valence-electron chi connectivity index (χ4n) is 0.431. The van der Waals surface area contributed by atoms with Gasteiger partial charge in [-0.2, -0.15) is 0 Å². The minimum atomic E-state index is -0.816. The van der Waals surface area contributed by atoms with Crippen molar-refractivity contribution >= 4 is 21.9 Å². The number of carboxylic acids is 1. The van der Waals surface area contributed by atoms with Crippen molar-refractivity contribution in [1.82, 2.24) is 0 Å². The van der Waals surface area contributed by atoms with Crippen molar-refractivity contribution in [3.05, 3.63) is 10.7 Å². The molecule has 0 atom stereocenters. The number of rotatable bonds is 4. The molecule has 0 aliphatic rings. The molecule has 0 aromatic rings. The molecule has 0 fully saturated rings. The van der Waals surface area contributed by atoms with Crippen LogP contribution in [-0.2, 0) is 9.53 Å². The van der Waals surface area contributed by atoms with E-state index in [1.807, 2.05) is 0 Å². The quantitative estimate of drug-likeness (QED) is 0.717. The van der Waals surface area contributed by atoms with Crippen LogP contribution in [-0.4, -0.2) is 18.2 Å². The normalized spacial score (nSPS) is 11.2. The van der Waals surface area contributed by atoms with Gasteiger partial charge in [0, 0.05) is 11.4 Å². The first kappa shape index (κ1) is 9.49. The van der Waals surface area contributed by atoms with E-state index in [1.165, 1.54) is 7.11 Å². The number of aliphatic carboxylic acids is 1. The lowest BCUT2D eigenvalue weighted by molar-refractivity contribution is -0.137. The van der Waals surface area contributed by atoms with E-state index in [9.17, 15) is 4.79 Å². The molecule has 0 saturated heterocycles. The average Bonchev–Trinajstić information content (AvgIpc) is 1.90. The fraction of sp³-hybridized carbons (Fsp3) is 0.500. The maximum atomic E-state index is 10.0. The first-order valence-corrected chi connectivity index (χ1v) is 3.67. The molecule has 0 aromatic carbocycles. The molecule has 1 N–H and O–H groups in total. The summed E-state index contributed by atoms with van der Waals surface area (Å²) < 4.78 is 4.80. The predicted octanol–water partition coefficient (Wildman–Crippen LogP) is 1.73. The first-order valence-electron chi connectivity index (χ1n) is 2.75. The highest BCUT2D eigenvalue weighted by Crippen LogP contribution is 2.07. The standard InChI is InChI=1S/C6H9BrO3/c1-10-5(4-7)2-3-6(8)9/h4H,2-3H2,1H3,(H,8,9)/b5-4-. The van der Waals surface area contributed by atoms with E-state index >= 15 is 0 Å². The second-order valence-corrected chi connectivity index (χ2v) is 2.13. The van der Waals surface area contributed by atoms with Gasteiger partial charge < -0.3 is 9.84 Å². The van der Waals surface area contributed by atoms with Gasteiger partial charge in [0.2, 0.25) is 0 Å². The summed E-state index contributed by atoms with van der Waals surface area (Å²) in [7, 11) is 1.51. The highest BCUT2D eigenvalue weighted by molar-refractivity contribution is 9.11. The SMILES string of the molecule is CO/C(=C\Br)CCC(=O)O. The van der Waals surface area contributed by atoms with Gasteiger partial charge in [-0.1, -0.05) is 15.9 Å². The summed E-state index contributed by atoms with van der Waals surface area (Å²) in [6.07, 6.45) is 0.530. The van der Waals surface area contributed by atoms with Gasteiger partial charge in [0.15, 0.2) is 0 Å². The molecule has 0 amide bonds. The molecule has 58 valence electrons. The summed E-state index contributed by atoms with van der Waals surface area (Å²) in [6, 6.07) is 0. The predicted molar refractivity (Wildman–Crippen MR) is 40.9 cm³/mol. The highest BCUT2D eigenvalue weighted by atomic mass is 79.9. The molecule has 10 heavy (non-hydrogen) atoms. The molecule has 0 aliphatic carbocycles. The third kappa shape index (κ3) is 4.38. The average molecular weight is 209 g/mol. The maximum Gasteiger partial charge on any atom is 0.303 e. The fourth-order valence-corrected chi connectivity index (χ4v) is 0.847. The van der Waals surface area contributed by atoms with Gasteiger partial charge in [-0.25, -0.2) is 0 Å². The van der Waals surface area contributed by atoms with Gasteiger partial charge in [-0.15, -0.1) is 0 Å². The molecule has 0 heterocycles. The van der Waals surface area contributed by atoms with Crippen LogP contribution in [0.15, 0.2) is 10.7 Å². The Labute approximate surface area is 67.8 Å². The Morgan fingerprint density at radius 3 is 2.60 bits per heavy atom. The van der Waals surface area contributed by atoms with Crippen LogP contribution < -0.4 is 0 Å². The van der Waals surface area contributed by atoms with Crippen molar-refractivity contribution in [2.45, 2.75) is 12.8 Å². The largest absolute Gasteiger partial charge is 0.501 e. The van der Waals surface area contributed by atoms with Crippen LogP contribution in [0.1, 0.15) is 12.8 Å². The molecule has 3 nitrogen and oxygen atoms in total. The van der Waals surface area contributed by atoms with Gasteiger partial charge in [-0.05, 0) is 0 Å². The molecule has 0 bridgehead atoms. The Morgan fingerprint density at radius 2 is 2.30 bits per heavy atom. The Hall–Kier alpha value is -0.510. The monoisotopic (exact) mass is 208 g/mol. The first-order chi connectivity index (χ1) is 4.70. The van der Waals surface area contributed by atoms with Crippen molar-refractivity contribution < 1.29 is 14.6 Å². The molecule has 0 saturated carbocycles. The van der Waals surface area contributed by atoms with Crippen molar-refractivity contribution in [3.63, 3.8) is 0 Å². The zero-order valence-corrected chi connectivity index (χ0v) is 7.22. The molecule has 4 heteroatoms. The van der Waals surface area contributed by atoms with E-state index in [1.54, 1.807) is 4.99 Å². The summed E-state index contributed by atoms with van der Waals surface area (Å²) in [5, 5.41) is 8.26. The molecule has 0 spiro atoms. The van der Waals surface area contributed by atoms with Gasteiger partial charge >= 0.3 is 5.97 Å². The number of halogens is 1. The van der Waals surface area contributed by atoms with Gasteiger partial charge in [0.1, 0.15) is 5.76 Å². The van der Waals surface area contributed by atoms with E-state index < -0.39 is 5.97 Å². The van der Waals surface area contributed by atoms with E-state index in [4.69, 9.17) is 9.84 Å². The van der Waals surface area contributed by atoms with Crippen LogP contribution >= 0.6 is 15.9 Å². The molecule has 0 rings (SSSR count). The number of carbonyl (C=O) groups is 1. The summed E-state index contributed by atoms with van der Waals surface area (Å²) in [5.41, 5.74) is 0. The second kappa shape index (κ2) is 5.29. The molecule has 0 unspecified atom stereocenters. The number of hydrogen-bond donors (Lipinski definition) is 1. The summed E-state index contributed by atoms with van der Waals surface area (Å²) in [6.45, 7) is 0. The minimum Gasteiger partial charge on any atom is -0.501 e. The smallest absolute Gasteiger partial charge is 0.303 e. The van der Waals surface area contributed by atoms with Crippen LogP contribution in [0.4, 0.5) is 0 Å². The Kier molecular flexibility index (Phi) is 5.02. The number of allylic oxidation sites excluding steroid dienone is 1. The lowest BCUT2D eigenvalue weighted by Gasteiger charge is -2.00. The third-order valence-electron chi connectivity index (χ3n) is 0.969. The Balaban J connectivity index is 3.56. The van der Waals surface area contributed by atoms with Crippen molar-refractivity contribution in [2.75, 3.05) is 7.11 Å². The number of ether oxygens (including phenoxy) is 1. The molecule has 0 radical (unpaired) electrons. The second-order valence-electron chi connectivity index (χ2n) is 1.67. The zero-order chi connectivity index (χ0) is 7.98. The van der Waals surface area contributed by atoms with E-state index in [0.717, 1.165) is 0 Å². The third-order valence-corrected chi connectivity index (χ3v) is 1.48. The van der Waals surface area contributed by atoms with Gasteiger partial charge in [0.05, 0.1) is 13.5 Å². The van der Waals surface area contributed by atoms with E-state index in [2.05, 4.69) is 15.9 Å². The van der Waals surface area contributed by atoms with Gasteiger partial charge in [-0.3, -0.25) is 4.79 Å². The number of methoxy groups -OCH3 is 1. The van der Waals surface area contributed by atoms with Gasteiger partial charge in [0.25, 0.3) is 0 Å². The zero-order valence-electron chi connectivity index (χ0n) is 5.63. The summed E-state index contributed by atoms with van der Waals surface area (Å²) >= 11 is 3.05. The highest BCUT2D eigenvalue weighted by Gasteiger charge is 1.99. The van der Waals surface area contributed by atoms with Crippen LogP contribution in [0.5, 0.6) is 0 Å². The molecule has 0 aromatic heterocycles. The maximum absolute atomic E-state index is 10.0. The lowest BCUT2D eigenvalue weighted by atomic mass is 10.3.